The number of rotatable bonds is 0. The Labute approximate surface area is 92.7 Å². The summed E-state index contributed by atoms with van der Waals surface area (Å²) in [6, 6.07) is 7.91. The topological polar surface area (TPSA) is 23.8 Å². The second-order valence-electron chi connectivity index (χ2n) is 2.50. The molecule has 1 aromatic carbocycles. The van der Waals surface area contributed by atoms with Gasteiger partial charge in [0, 0.05) is 14.6 Å². The summed E-state index contributed by atoms with van der Waals surface area (Å²) in [7, 11) is 0. The Balaban J connectivity index is 2.91. The minimum Gasteiger partial charge on any atom is -0.192 e. The molecular weight excluding hydrogens is 270 g/mol. The fourth-order valence-electron chi connectivity index (χ4n) is 1.14. The Bertz CT molecular complexity index is 512. The summed E-state index contributed by atoms with van der Waals surface area (Å²) in [5.41, 5.74) is 0.572. The lowest BCUT2D eigenvalue weighted by Gasteiger charge is -1.90. The standard InChI is InChI=1S/C9H3BrClNS/c10-5-1-2-8-6(3-5)7(4-12)9(11)13-8/h1-3H. The number of nitriles is 1. The van der Waals surface area contributed by atoms with Gasteiger partial charge >= 0.3 is 0 Å². The van der Waals surface area contributed by atoms with Crippen LogP contribution in [0, 0.1) is 11.3 Å². The van der Waals surface area contributed by atoms with Crippen molar-refractivity contribution in [3.05, 3.63) is 32.6 Å². The average molecular weight is 273 g/mol. The quantitative estimate of drug-likeness (QED) is 0.705. The minimum absolute atomic E-state index is 0.565. The van der Waals surface area contributed by atoms with E-state index >= 15 is 0 Å². The number of hydrogen-bond acceptors (Lipinski definition) is 2. The van der Waals surface area contributed by atoms with Gasteiger partial charge in [0.2, 0.25) is 0 Å². The molecule has 0 saturated heterocycles. The Morgan fingerprint density at radius 2 is 2.23 bits per heavy atom. The monoisotopic (exact) mass is 271 g/mol. The van der Waals surface area contributed by atoms with Crippen LogP contribution in [0.2, 0.25) is 4.34 Å². The molecule has 1 heterocycles. The van der Waals surface area contributed by atoms with Gasteiger partial charge in [-0.3, -0.25) is 0 Å². The zero-order chi connectivity index (χ0) is 9.42. The highest BCUT2D eigenvalue weighted by atomic mass is 79.9. The normalized spacial score (nSPS) is 10.2. The molecule has 2 rings (SSSR count). The van der Waals surface area contributed by atoms with E-state index in [4.69, 9.17) is 16.9 Å². The first-order valence-corrected chi connectivity index (χ1v) is 5.49. The molecule has 4 heteroatoms. The minimum atomic E-state index is 0.565. The third kappa shape index (κ3) is 1.46. The molecule has 0 fully saturated rings. The second kappa shape index (κ2) is 3.30. The van der Waals surface area contributed by atoms with E-state index in [0.717, 1.165) is 14.6 Å². The fraction of sp³-hybridized carbons (Fsp3) is 0. The van der Waals surface area contributed by atoms with Crippen molar-refractivity contribution in [1.82, 2.24) is 0 Å². The van der Waals surface area contributed by atoms with Crippen LogP contribution in [-0.2, 0) is 0 Å². The number of halogens is 2. The Kier molecular flexibility index (Phi) is 2.29. The predicted octanol–water partition coefficient (Wildman–Crippen LogP) is 4.19. The van der Waals surface area contributed by atoms with Crippen LogP contribution in [0.15, 0.2) is 22.7 Å². The summed E-state index contributed by atoms with van der Waals surface area (Å²) in [4.78, 5) is 0. The highest BCUT2D eigenvalue weighted by molar-refractivity contribution is 9.10. The van der Waals surface area contributed by atoms with Gasteiger partial charge in [0.15, 0.2) is 0 Å². The number of hydrogen-bond donors (Lipinski definition) is 0. The van der Waals surface area contributed by atoms with Gasteiger partial charge in [-0.1, -0.05) is 27.5 Å². The maximum absolute atomic E-state index is 8.85. The van der Waals surface area contributed by atoms with Crippen LogP contribution in [0.4, 0.5) is 0 Å². The lowest BCUT2D eigenvalue weighted by atomic mass is 10.2. The largest absolute Gasteiger partial charge is 0.192 e. The van der Waals surface area contributed by atoms with E-state index < -0.39 is 0 Å². The highest BCUT2D eigenvalue weighted by Gasteiger charge is 2.09. The first kappa shape index (κ1) is 9.01. The molecule has 1 aromatic heterocycles. The Hall–Kier alpha value is -0.560. The van der Waals surface area contributed by atoms with E-state index in [-0.39, 0.29) is 0 Å². The molecule has 1 nitrogen and oxygen atoms in total. The third-order valence-electron chi connectivity index (χ3n) is 1.72. The van der Waals surface area contributed by atoms with E-state index in [9.17, 15) is 0 Å². The first-order chi connectivity index (χ1) is 6.22. The van der Waals surface area contributed by atoms with Crippen LogP contribution >= 0.6 is 38.9 Å². The summed E-state index contributed by atoms with van der Waals surface area (Å²) in [6.07, 6.45) is 0. The lowest BCUT2D eigenvalue weighted by molar-refractivity contribution is 1.52. The van der Waals surface area contributed by atoms with Crippen LogP contribution in [0.1, 0.15) is 5.56 Å². The lowest BCUT2D eigenvalue weighted by Crippen LogP contribution is -1.70. The second-order valence-corrected chi connectivity index (χ2v) is 5.07. The third-order valence-corrected chi connectivity index (χ3v) is 3.59. The summed E-state index contributed by atoms with van der Waals surface area (Å²) in [5, 5.41) is 9.78. The van der Waals surface area contributed by atoms with E-state index in [0.29, 0.717) is 9.90 Å². The van der Waals surface area contributed by atoms with Gasteiger partial charge in [-0.15, -0.1) is 11.3 Å². The van der Waals surface area contributed by atoms with Crippen LogP contribution in [0.5, 0.6) is 0 Å². The van der Waals surface area contributed by atoms with Crippen molar-refractivity contribution in [2.24, 2.45) is 0 Å². The molecule has 0 amide bonds. The molecule has 13 heavy (non-hydrogen) atoms. The van der Waals surface area contributed by atoms with Crippen molar-refractivity contribution in [2.45, 2.75) is 0 Å². The summed E-state index contributed by atoms with van der Waals surface area (Å²) < 4.78 is 2.58. The van der Waals surface area contributed by atoms with E-state index in [1.54, 1.807) is 0 Å². The molecule has 0 bridgehead atoms. The van der Waals surface area contributed by atoms with E-state index in [2.05, 4.69) is 22.0 Å². The number of fused-ring (bicyclic) bond motifs is 1. The summed E-state index contributed by atoms with van der Waals surface area (Å²) in [5.74, 6) is 0. The van der Waals surface area contributed by atoms with Crippen LogP contribution in [0.25, 0.3) is 10.1 Å². The van der Waals surface area contributed by atoms with Gasteiger partial charge < -0.3 is 0 Å². The maximum Gasteiger partial charge on any atom is 0.112 e. The van der Waals surface area contributed by atoms with Gasteiger partial charge in [0.25, 0.3) is 0 Å². The molecule has 0 saturated carbocycles. The van der Waals surface area contributed by atoms with Gasteiger partial charge in [0.1, 0.15) is 10.4 Å². The van der Waals surface area contributed by atoms with Crippen LogP contribution in [-0.4, -0.2) is 0 Å². The van der Waals surface area contributed by atoms with Crippen molar-refractivity contribution >= 4 is 49.0 Å². The number of nitrogens with zero attached hydrogens (tertiary/aromatic N) is 1. The van der Waals surface area contributed by atoms with Crippen LogP contribution < -0.4 is 0 Å². The van der Waals surface area contributed by atoms with Crippen LogP contribution in [0.3, 0.4) is 0 Å². The molecular formula is C9H3BrClNS. The van der Waals surface area contributed by atoms with E-state index in [1.807, 2.05) is 18.2 Å². The fourth-order valence-corrected chi connectivity index (χ4v) is 2.76. The summed E-state index contributed by atoms with van der Waals surface area (Å²) >= 11 is 10.7. The smallest absolute Gasteiger partial charge is 0.112 e. The van der Waals surface area contributed by atoms with Gasteiger partial charge in [-0.05, 0) is 18.2 Å². The zero-order valence-electron chi connectivity index (χ0n) is 6.34. The van der Waals surface area contributed by atoms with Crippen molar-refractivity contribution in [3.8, 4) is 6.07 Å². The Morgan fingerprint density at radius 1 is 1.46 bits per heavy atom. The molecule has 0 atom stereocenters. The van der Waals surface area contributed by atoms with Crippen molar-refractivity contribution in [1.29, 1.82) is 5.26 Å². The molecule has 0 aliphatic carbocycles. The predicted molar refractivity (Wildman–Crippen MR) is 59.3 cm³/mol. The molecule has 0 aliphatic heterocycles. The molecule has 0 N–H and O–H groups in total. The molecule has 0 unspecified atom stereocenters. The SMILES string of the molecule is N#Cc1c(Cl)sc2ccc(Br)cc12. The molecule has 64 valence electrons. The Morgan fingerprint density at radius 3 is 2.92 bits per heavy atom. The molecule has 0 spiro atoms. The van der Waals surface area contributed by atoms with Crippen molar-refractivity contribution < 1.29 is 0 Å². The average Bonchev–Trinajstić information content (AvgIpc) is 2.40. The number of thiophene rings is 1. The van der Waals surface area contributed by atoms with Gasteiger partial charge in [0.05, 0.1) is 5.56 Å². The van der Waals surface area contributed by atoms with Gasteiger partial charge in [-0.25, -0.2) is 0 Å². The van der Waals surface area contributed by atoms with Crippen molar-refractivity contribution in [2.75, 3.05) is 0 Å². The number of benzene rings is 1. The van der Waals surface area contributed by atoms with Gasteiger partial charge in [-0.2, -0.15) is 5.26 Å². The maximum atomic E-state index is 8.85. The molecule has 2 aromatic rings. The van der Waals surface area contributed by atoms with E-state index in [1.165, 1.54) is 11.3 Å². The van der Waals surface area contributed by atoms with Crippen molar-refractivity contribution in [3.63, 3.8) is 0 Å². The first-order valence-electron chi connectivity index (χ1n) is 3.50. The molecule has 0 aliphatic rings. The molecule has 0 radical (unpaired) electrons. The summed E-state index contributed by atoms with van der Waals surface area (Å²) in [6.45, 7) is 0. The highest BCUT2D eigenvalue weighted by Crippen LogP contribution is 2.35. The zero-order valence-corrected chi connectivity index (χ0v) is 9.50.